The summed E-state index contributed by atoms with van der Waals surface area (Å²) in [5, 5.41) is 47.3. The van der Waals surface area contributed by atoms with E-state index in [1.807, 2.05) is 33.8 Å². The van der Waals surface area contributed by atoms with Crippen LogP contribution in [0.2, 0.25) is 0 Å². The molecule has 4 aliphatic heterocycles. The molecule has 8 aliphatic rings. The number of aliphatic hydroxyl groups is 4. The van der Waals surface area contributed by atoms with Gasteiger partial charge in [-0.1, -0.05) is 43.7 Å². The van der Waals surface area contributed by atoms with Crippen LogP contribution in [0.15, 0.2) is 42.0 Å². The molecule has 422 valence electrons. The van der Waals surface area contributed by atoms with E-state index in [0.29, 0.717) is 56.9 Å². The molecule has 7 fully saturated rings. The molecule has 75 heavy (non-hydrogen) atoms. The highest BCUT2D eigenvalue weighted by molar-refractivity contribution is 5.89. The van der Waals surface area contributed by atoms with E-state index in [1.165, 1.54) is 14.0 Å². The molecule has 19 nitrogen and oxygen atoms in total. The fourth-order valence-corrected chi connectivity index (χ4v) is 15.0. The molecule has 4 heterocycles. The average molecular weight is 1060 g/mol. The highest BCUT2D eigenvalue weighted by Gasteiger charge is 2.77. The van der Waals surface area contributed by atoms with Crippen LogP contribution in [-0.2, 0) is 66.4 Å². The Morgan fingerprint density at radius 2 is 1.19 bits per heavy atom. The summed E-state index contributed by atoms with van der Waals surface area (Å²) in [4.78, 5) is 27.0. The first-order chi connectivity index (χ1) is 35.6. The molecule has 19 heteroatoms. The number of rotatable bonds is 15. The van der Waals surface area contributed by atoms with Crippen LogP contribution in [0.1, 0.15) is 123 Å². The van der Waals surface area contributed by atoms with Gasteiger partial charge in [-0.2, -0.15) is 0 Å². The number of hydrogen-bond donors (Lipinski definition) is 4. The molecule has 4 N–H and O–H groups in total. The maximum Gasteiger partial charge on any atom is 0.338 e. The van der Waals surface area contributed by atoms with Crippen molar-refractivity contribution in [3.05, 3.63) is 47.5 Å². The van der Waals surface area contributed by atoms with Crippen LogP contribution in [0.5, 0.6) is 0 Å². The molecule has 0 radical (unpaired) electrons. The zero-order valence-corrected chi connectivity index (χ0v) is 45.6. The Morgan fingerprint density at radius 1 is 0.640 bits per heavy atom. The van der Waals surface area contributed by atoms with E-state index in [0.717, 1.165) is 5.57 Å². The molecule has 1 aromatic rings. The first-order valence-corrected chi connectivity index (χ1v) is 27.3. The maximum absolute atomic E-state index is 13.7. The van der Waals surface area contributed by atoms with Crippen molar-refractivity contribution in [2.24, 2.45) is 22.7 Å². The summed E-state index contributed by atoms with van der Waals surface area (Å²) in [7, 11) is 6.27. The highest BCUT2D eigenvalue weighted by Crippen LogP contribution is 2.70. The van der Waals surface area contributed by atoms with Crippen LogP contribution in [0, 0.1) is 22.7 Å². The number of carbonyl (C=O) groups excluding carboxylic acids is 2. The number of esters is 1. The zero-order chi connectivity index (χ0) is 53.9. The predicted octanol–water partition coefficient (Wildman–Crippen LogP) is 4.69. The lowest BCUT2D eigenvalue weighted by atomic mass is 9.43. The number of Topliss-reactive ketones (excluding diaryl/α,β-unsaturated/α-hetero) is 1. The third-order valence-corrected chi connectivity index (χ3v) is 19.2. The van der Waals surface area contributed by atoms with Crippen molar-refractivity contribution < 1.29 is 91.6 Å². The maximum atomic E-state index is 13.7. The van der Waals surface area contributed by atoms with Crippen molar-refractivity contribution in [3.8, 4) is 0 Å². The summed E-state index contributed by atoms with van der Waals surface area (Å²) in [6.07, 6.45) is -6.10. The van der Waals surface area contributed by atoms with E-state index in [4.69, 9.17) is 61.6 Å². The number of benzene rings is 1. The van der Waals surface area contributed by atoms with Crippen LogP contribution >= 0.6 is 0 Å². The lowest BCUT2D eigenvalue weighted by Gasteiger charge is -2.66. The molecule has 9 rings (SSSR count). The summed E-state index contributed by atoms with van der Waals surface area (Å²) >= 11 is 0. The third kappa shape index (κ3) is 10.2. The second kappa shape index (κ2) is 22.5. The van der Waals surface area contributed by atoms with Gasteiger partial charge in [0, 0.05) is 65.0 Å². The smallest absolute Gasteiger partial charge is 0.338 e. The monoisotopic (exact) mass is 1060 g/mol. The zero-order valence-electron chi connectivity index (χ0n) is 45.6. The van der Waals surface area contributed by atoms with E-state index in [1.54, 1.807) is 52.5 Å². The molecule has 25 atom stereocenters. The Hall–Kier alpha value is -2.54. The van der Waals surface area contributed by atoms with Gasteiger partial charge in [0.05, 0.1) is 54.4 Å². The third-order valence-electron chi connectivity index (χ3n) is 19.2. The molecule has 0 spiro atoms. The molecule has 0 unspecified atom stereocenters. The first-order valence-electron chi connectivity index (χ1n) is 27.3. The number of methoxy groups -OCH3 is 4. The minimum Gasteiger partial charge on any atom is -0.458 e. The van der Waals surface area contributed by atoms with Crippen molar-refractivity contribution >= 4 is 11.8 Å². The molecule has 0 amide bonds. The van der Waals surface area contributed by atoms with Crippen LogP contribution in [0.25, 0.3) is 0 Å². The lowest BCUT2D eigenvalue weighted by molar-refractivity contribution is -0.355. The summed E-state index contributed by atoms with van der Waals surface area (Å²) < 4.78 is 81.2. The van der Waals surface area contributed by atoms with E-state index in [-0.39, 0.29) is 24.7 Å². The Balaban J connectivity index is 0.804. The Bertz CT molecular complexity index is 2170. The Morgan fingerprint density at radius 3 is 1.72 bits per heavy atom. The van der Waals surface area contributed by atoms with Crippen LogP contribution in [0.4, 0.5) is 0 Å². The molecule has 1 aromatic carbocycles. The minimum absolute atomic E-state index is 0.0872. The molecular formula is C56H84O19. The predicted molar refractivity (Wildman–Crippen MR) is 266 cm³/mol. The molecule has 4 aliphatic carbocycles. The average Bonchev–Trinajstić information content (AvgIpc) is 3.69. The Kier molecular flexibility index (Phi) is 17.2. The van der Waals surface area contributed by atoms with Crippen molar-refractivity contribution in [1.82, 2.24) is 0 Å². The van der Waals surface area contributed by atoms with Gasteiger partial charge in [0.1, 0.15) is 59.7 Å². The van der Waals surface area contributed by atoms with Gasteiger partial charge in [0.2, 0.25) is 0 Å². The number of hydrogen-bond acceptors (Lipinski definition) is 19. The second-order valence-electron chi connectivity index (χ2n) is 23.2. The van der Waals surface area contributed by atoms with Gasteiger partial charge >= 0.3 is 5.97 Å². The van der Waals surface area contributed by atoms with Gasteiger partial charge in [0.25, 0.3) is 0 Å². The summed E-state index contributed by atoms with van der Waals surface area (Å²) in [5.74, 6) is -1.65. The molecule has 3 saturated carbocycles. The van der Waals surface area contributed by atoms with Crippen LogP contribution in [0.3, 0.4) is 0 Å². The van der Waals surface area contributed by atoms with Gasteiger partial charge in [-0.25, -0.2) is 4.79 Å². The van der Waals surface area contributed by atoms with Crippen molar-refractivity contribution in [1.29, 1.82) is 0 Å². The van der Waals surface area contributed by atoms with Crippen molar-refractivity contribution in [2.75, 3.05) is 28.4 Å². The Labute approximate surface area is 441 Å². The summed E-state index contributed by atoms with van der Waals surface area (Å²) in [6.45, 7) is 12.9. The van der Waals surface area contributed by atoms with Gasteiger partial charge in [-0.3, -0.25) is 4.79 Å². The number of aliphatic hydroxyl groups excluding tert-OH is 2. The van der Waals surface area contributed by atoms with Gasteiger partial charge in [-0.15, -0.1) is 0 Å². The summed E-state index contributed by atoms with van der Waals surface area (Å²) in [6, 6.07) is 8.76. The van der Waals surface area contributed by atoms with Gasteiger partial charge in [-0.05, 0) is 97.1 Å². The number of ketones is 1. The van der Waals surface area contributed by atoms with Crippen LogP contribution < -0.4 is 0 Å². The SMILES string of the molecule is CO[C@@H]1[C@@H](O)[C@H](O[C@@H]2[C@@H](C)O[C@@H](O[C@H]3[C@@H](OC)C[C@H](O[C@H]4[C@@H](OC)C[C@H](O[C@H]5CC[C@@]6(C)C(=CC[C@]7(O)[C@@H]6C[C@@H](OC(=O)c6ccccc6)[C@]6(C)[C@@H](C(C)=O)CC[C@@]67O)C5)O[C@@H]4C)O[C@@H]3C)C[C@H]2OC)O[C@H](C)[C@H]1O. The van der Waals surface area contributed by atoms with E-state index < -0.39 is 150 Å². The quantitative estimate of drug-likeness (QED) is 0.138. The number of carbonyl (C=O) groups is 2. The normalized spacial score (nSPS) is 48.9. The molecule has 4 saturated heterocycles. The molecule has 0 bridgehead atoms. The number of ether oxygens (including phenoxy) is 13. The lowest BCUT2D eigenvalue weighted by Crippen LogP contribution is -2.75. The van der Waals surface area contributed by atoms with Gasteiger partial charge in [0.15, 0.2) is 25.2 Å². The fraction of sp³-hybridized carbons (Fsp3) is 0.821. The molecular weight excluding hydrogens is 977 g/mol. The largest absolute Gasteiger partial charge is 0.458 e. The van der Waals surface area contributed by atoms with Crippen molar-refractivity contribution in [3.63, 3.8) is 0 Å². The summed E-state index contributed by atoms with van der Waals surface area (Å²) in [5.41, 5.74) is -3.46. The first kappa shape index (κ1) is 57.2. The fourth-order valence-electron chi connectivity index (χ4n) is 15.0. The van der Waals surface area contributed by atoms with Crippen molar-refractivity contribution in [2.45, 2.75) is 241 Å². The standard InChI is InChI=1S/C56H84O19/c1-28(57)36-19-22-56(62)54(36,7)41(72-51(60)33-15-13-12-14-16-33)27-40-53(6)20-18-35(23-34(53)17-21-55(40,56)61)71-42-24-37(63-8)47(30(3)67-42)73-43-25-38(64-9)48(31(4)68-43)74-44-26-39(65-10)49(32(5)69-44)75-52-46(59)50(66-11)45(58)29(2)70-52/h12-17,29-32,35-50,52,58-59,61-62H,18-27H2,1-11H3/t29-,30-,31-,32-,35+,36-,37+,38+,39-,40-,41-,42+,43+,44+,45-,46-,47-,48-,49-,50+,52+,53+,54+,55+,56-/m1/s1. The van der Waals surface area contributed by atoms with E-state index >= 15 is 0 Å². The molecule has 0 aromatic heterocycles. The second-order valence-corrected chi connectivity index (χ2v) is 23.2. The topological polar surface area (TPSA) is 235 Å². The minimum atomic E-state index is -1.68. The van der Waals surface area contributed by atoms with Crippen LogP contribution in [-0.4, -0.2) is 189 Å². The number of fused-ring (bicyclic) bond motifs is 5. The highest BCUT2D eigenvalue weighted by atomic mass is 16.8. The van der Waals surface area contributed by atoms with Gasteiger partial charge < -0.3 is 82.0 Å². The van der Waals surface area contributed by atoms with E-state index in [2.05, 4.69) is 13.0 Å². The van der Waals surface area contributed by atoms with E-state index in [9.17, 15) is 30.0 Å².